The standard InChI is InChI=1S/C45H36N2/c1-45(2)43-16-10-9-15-41(43)42-30-23-37(31-44(42)45)46-36-21-28-40(29-22-36)47(38-24-17-34(18-25-38)32-11-5-3-6-12-32)39-26-19-35(20-27-39)33-13-7-4-8-14-33/h3-31,46H,1-2H3. The van der Waals surface area contributed by atoms with Gasteiger partial charge in [-0.15, -0.1) is 0 Å². The van der Waals surface area contributed by atoms with Gasteiger partial charge in [0.1, 0.15) is 0 Å². The first-order chi connectivity index (χ1) is 23.0. The van der Waals surface area contributed by atoms with Crippen LogP contribution < -0.4 is 10.2 Å². The van der Waals surface area contributed by atoms with Gasteiger partial charge in [-0.2, -0.15) is 0 Å². The topological polar surface area (TPSA) is 15.3 Å². The Kier molecular flexibility index (Phi) is 7.19. The van der Waals surface area contributed by atoms with E-state index in [1.807, 2.05) is 0 Å². The fraction of sp³-hybridized carbons (Fsp3) is 0.0667. The molecule has 0 atom stereocenters. The lowest BCUT2D eigenvalue weighted by Crippen LogP contribution is -2.15. The predicted octanol–water partition coefficient (Wildman–Crippen LogP) is 12.5. The van der Waals surface area contributed by atoms with Gasteiger partial charge in [0.15, 0.2) is 0 Å². The van der Waals surface area contributed by atoms with Crippen molar-refractivity contribution in [1.82, 2.24) is 0 Å². The molecule has 0 aliphatic heterocycles. The highest BCUT2D eigenvalue weighted by atomic mass is 15.1. The van der Waals surface area contributed by atoms with Gasteiger partial charge >= 0.3 is 0 Å². The second-order valence-electron chi connectivity index (χ2n) is 12.8. The van der Waals surface area contributed by atoms with Gasteiger partial charge in [-0.05, 0) is 105 Å². The quantitative estimate of drug-likeness (QED) is 0.195. The van der Waals surface area contributed by atoms with E-state index >= 15 is 0 Å². The molecule has 0 fully saturated rings. The molecule has 0 saturated carbocycles. The summed E-state index contributed by atoms with van der Waals surface area (Å²) in [5, 5.41) is 3.68. The zero-order valence-corrected chi connectivity index (χ0v) is 26.7. The molecule has 7 aromatic carbocycles. The van der Waals surface area contributed by atoms with E-state index in [0.29, 0.717) is 0 Å². The van der Waals surface area contributed by atoms with Gasteiger partial charge < -0.3 is 10.2 Å². The average Bonchev–Trinajstić information content (AvgIpc) is 3.36. The summed E-state index contributed by atoms with van der Waals surface area (Å²) in [6, 6.07) is 63.1. The Hall–Kier alpha value is -5.86. The second-order valence-corrected chi connectivity index (χ2v) is 12.8. The first-order valence-corrected chi connectivity index (χ1v) is 16.3. The van der Waals surface area contributed by atoms with Crippen molar-refractivity contribution < 1.29 is 0 Å². The van der Waals surface area contributed by atoms with Gasteiger partial charge in [0.25, 0.3) is 0 Å². The minimum atomic E-state index is -0.0277. The zero-order chi connectivity index (χ0) is 31.8. The highest BCUT2D eigenvalue weighted by molar-refractivity contribution is 5.84. The lowest BCUT2D eigenvalue weighted by atomic mass is 9.82. The van der Waals surface area contributed by atoms with E-state index in [0.717, 1.165) is 28.4 Å². The molecule has 0 aromatic heterocycles. The summed E-state index contributed by atoms with van der Waals surface area (Å²) in [4.78, 5) is 2.32. The van der Waals surface area contributed by atoms with Gasteiger partial charge in [0.2, 0.25) is 0 Å². The number of anilines is 5. The molecule has 47 heavy (non-hydrogen) atoms. The summed E-state index contributed by atoms with van der Waals surface area (Å²) < 4.78 is 0. The number of benzene rings is 7. The Morgan fingerprint density at radius 1 is 0.383 bits per heavy atom. The van der Waals surface area contributed by atoms with Crippen molar-refractivity contribution in [3.8, 4) is 33.4 Å². The first kappa shape index (κ1) is 28.6. The van der Waals surface area contributed by atoms with Crippen molar-refractivity contribution in [2.75, 3.05) is 10.2 Å². The summed E-state index contributed by atoms with van der Waals surface area (Å²) in [5.41, 5.74) is 15.7. The van der Waals surface area contributed by atoms with E-state index in [9.17, 15) is 0 Å². The highest BCUT2D eigenvalue weighted by Gasteiger charge is 2.35. The van der Waals surface area contributed by atoms with Crippen LogP contribution in [-0.2, 0) is 5.41 Å². The van der Waals surface area contributed by atoms with E-state index in [4.69, 9.17) is 0 Å². The van der Waals surface area contributed by atoms with E-state index in [-0.39, 0.29) is 5.41 Å². The van der Waals surface area contributed by atoms with Crippen LogP contribution >= 0.6 is 0 Å². The number of nitrogens with one attached hydrogen (secondary N) is 1. The fourth-order valence-electron chi connectivity index (χ4n) is 6.96. The number of hydrogen-bond donors (Lipinski definition) is 1. The van der Waals surface area contributed by atoms with Gasteiger partial charge in [0.05, 0.1) is 0 Å². The molecule has 0 heterocycles. The van der Waals surface area contributed by atoms with Crippen LogP contribution in [0.3, 0.4) is 0 Å². The molecule has 0 radical (unpaired) electrons. The van der Waals surface area contributed by atoms with E-state index in [2.05, 4.69) is 200 Å². The molecule has 0 amide bonds. The van der Waals surface area contributed by atoms with E-state index in [1.165, 1.54) is 44.5 Å². The van der Waals surface area contributed by atoms with E-state index in [1.54, 1.807) is 0 Å². The van der Waals surface area contributed by atoms with Crippen molar-refractivity contribution in [3.63, 3.8) is 0 Å². The molecule has 0 unspecified atom stereocenters. The third kappa shape index (κ3) is 5.38. The highest BCUT2D eigenvalue weighted by Crippen LogP contribution is 2.49. The Labute approximate surface area is 277 Å². The normalized spacial score (nSPS) is 12.6. The van der Waals surface area contributed by atoms with Gasteiger partial charge in [0, 0.05) is 33.9 Å². The minimum Gasteiger partial charge on any atom is -0.356 e. The molecule has 1 aliphatic rings. The van der Waals surface area contributed by atoms with Crippen LogP contribution in [0.2, 0.25) is 0 Å². The van der Waals surface area contributed by atoms with Crippen LogP contribution in [0.5, 0.6) is 0 Å². The monoisotopic (exact) mass is 604 g/mol. The maximum Gasteiger partial charge on any atom is 0.0463 e. The molecule has 2 nitrogen and oxygen atoms in total. The molecule has 0 spiro atoms. The fourth-order valence-corrected chi connectivity index (χ4v) is 6.96. The maximum absolute atomic E-state index is 3.68. The van der Waals surface area contributed by atoms with Crippen LogP contribution in [0.15, 0.2) is 176 Å². The zero-order valence-electron chi connectivity index (χ0n) is 26.7. The largest absolute Gasteiger partial charge is 0.356 e. The molecule has 0 saturated heterocycles. The summed E-state index contributed by atoms with van der Waals surface area (Å²) in [6.45, 7) is 4.65. The Morgan fingerprint density at radius 2 is 0.809 bits per heavy atom. The van der Waals surface area contributed by atoms with Gasteiger partial charge in [-0.25, -0.2) is 0 Å². The maximum atomic E-state index is 3.68. The van der Waals surface area contributed by atoms with Crippen LogP contribution in [0.25, 0.3) is 33.4 Å². The van der Waals surface area contributed by atoms with Gasteiger partial charge in [-0.1, -0.05) is 129 Å². The smallest absolute Gasteiger partial charge is 0.0463 e. The van der Waals surface area contributed by atoms with Crippen LogP contribution in [0.4, 0.5) is 28.4 Å². The van der Waals surface area contributed by atoms with Crippen molar-refractivity contribution in [1.29, 1.82) is 0 Å². The molecule has 7 aromatic rings. The van der Waals surface area contributed by atoms with Crippen molar-refractivity contribution in [2.45, 2.75) is 19.3 Å². The van der Waals surface area contributed by atoms with Crippen LogP contribution in [0, 0.1) is 0 Å². The molecule has 8 rings (SSSR count). The summed E-state index contributed by atoms with van der Waals surface area (Å²) in [5.74, 6) is 0. The summed E-state index contributed by atoms with van der Waals surface area (Å²) in [6.07, 6.45) is 0. The van der Waals surface area contributed by atoms with Crippen molar-refractivity contribution >= 4 is 28.4 Å². The number of hydrogen-bond acceptors (Lipinski definition) is 2. The summed E-state index contributed by atoms with van der Waals surface area (Å²) in [7, 11) is 0. The molecule has 1 N–H and O–H groups in total. The molecule has 1 aliphatic carbocycles. The van der Waals surface area contributed by atoms with Crippen molar-refractivity contribution in [3.05, 3.63) is 187 Å². The van der Waals surface area contributed by atoms with Crippen LogP contribution in [0.1, 0.15) is 25.0 Å². The molecule has 0 bridgehead atoms. The molecule has 226 valence electrons. The Balaban J connectivity index is 1.10. The molecule has 2 heteroatoms. The Morgan fingerprint density at radius 3 is 1.36 bits per heavy atom. The number of fused-ring (bicyclic) bond motifs is 3. The SMILES string of the molecule is CC1(C)c2ccccc2-c2ccc(Nc3ccc(N(c4ccc(-c5ccccc5)cc4)c4ccc(-c5ccccc5)cc4)cc3)cc21. The lowest BCUT2D eigenvalue weighted by Gasteiger charge is -2.26. The first-order valence-electron chi connectivity index (χ1n) is 16.3. The second kappa shape index (κ2) is 11.8. The minimum absolute atomic E-state index is 0.0277. The number of nitrogens with zero attached hydrogens (tertiary/aromatic N) is 1. The molecular formula is C45H36N2. The Bertz CT molecular complexity index is 2060. The summed E-state index contributed by atoms with van der Waals surface area (Å²) >= 11 is 0. The number of rotatable bonds is 7. The average molecular weight is 605 g/mol. The van der Waals surface area contributed by atoms with Crippen LogP contribution in [-0.4, -0.2) is 0 Å². The van der Waals surface area contributed by atoms with Gasteiger partial charge in [-0.3, -0.25) is 0 Å². The third-order valence-electron chi connectivity index (χ3n) is 9.46. The lowest BCUT2D eigenvalue weighted by molar-refractivity contribution is 0.660. The van der Waals surface area contributed by atoms with Crippen molar-refractivity contribution in [2.24, 2.45) is 0 Å². The van der Waals surface area contributed by atoms with E-state index < -0.39 is 0 Å². The third-order valence-corrected chi connectivity index (χ3v) is 9.46. The predicted molar refractivity (Wildman–Crippen MR) is 199 cm³/mol. The molecular weight excluding hydrogens is 569 g/mol.